The number of carbonyl (C=O) groups is 2. The van der Waals surface area contributed by atoms with Gasteiger partial charge in [-0.3, -0.25) is 4.79 Å². The molecule has 0 bridgehead atoms. The van der Waals surface area contributed by atoms with E-state index in [-0.39, 0.29) is 24.9 Å². The summed E-state index contributed by atoms with van der Waals surface area (Å²) in [5, 5.41) is 19.6. The average Bonchev–Trinajstić information content (AvgIpc) is 2.89. The minimum atomic E-state index is -0.837. The van der Waals surface area contributed by atoms with Gasteiger partial charge in [0.05, 0.1) is 23.8 Å². The minimum Gasteiger partial charge on any atom is -0.447 e. The van der Waals surface area contributed by atoms with Gasteiger partial charge in [-0.05, 0) is 30.4 Å². The number of hydrogen-bond donors (Lipinski definition) is 2. The topological polar surface area (TPSA) is 168 Å². The molecule has 2 aromatic rings. The zero-order valence-electron chi connectivity index (χ0n) is 20.0. The number of aromatic nitrogens is 1. The third-order valence-corrected chi connectivity index (χ3v) is 7.10. The second-order valence-electron chi connectivity index (χ2n) is 8.08. The summed E-state index contributed by atoms with van der Waals surface area (Å²) in [4.78, 5) is 29.7. The number of rotatable bonds is 10. The fourth-order valence-electron chi connectivity index (χ4n) is 4.12. The van der Waals surface area contributed by atoms with Crippen molar-refractivity contribution in [3.8, 4) is 12.1 Å². The van der Waals surface area contributed by atoms with Gasteiger partial charge in [0.2, 0.25) is 5.91 Å². The summed E-state index contributed by atoms with van der Waals surface area (Å²) >= 11 is 1.12. The number of anilines is 1. The van der Waals surface area contributed by atoms with Crippen molar-refractivity contribution in [2.75, 3.05) is 31.2 Å². The molecule has 4 N–H and O–H groups in total. The Morgan fingerprint density at radius 1 is 1.14 bits per heavy atom. The third-order valence-electron chi connectivity index (χ3n) is 5.84. The largest absolute Gasteiger partial charge is 0.447 e. The summed E-state index contributed by atoms with van der Waals surface area (Å²) in [6.45, 7) is 3.39. The molecule has 0 saturated carbocycles. The zero-order valence-corrected chi connectivity index (χ0v) is 20.8. The van der Waals surface area contributed by atoms with Crippen LogP contribution in [0.1, 0.15) is 47.3 Å². The number of nitriles is 2. The van der Waals surface area contributed by atoms with Crippen LogP contribution in [-0.2, 0) is 20.7 Å². The lowest BCUT2D eigenvalue weighted by Crippen LogP contribution is -2.38. The Hall–Kier alpha value is -3.80. The maximum atomic E-state index is 12.3. The van der Waals surface area contributed by atoms with E-state index in [1.54, 1.807) is 12.1 Å². The second kappa shape index (κ2) is 12.8. The van der Waals surface area contributed by atoms with Crippen molar-refractivity contribution in [2.24, 2.45) is 11.5 Å². The Kier molecular flexibility index (Phi) is 9.51. The Morgan fingerprint density at radius 3 is 2.36 bits per heavy atom. The first-order chi connectivity index (χ1) is 17.4. The van der Waals surface area contributed by atoms with E-state index in [9.17, 15) is 20.1 Å². The molecule has 0 spiro atoms. The van der Waals surface area contributed by atoms with Crippen molar-refractivity contribution in [1.29, 1.82) is 10.5 Å². The maximum Gasteiger partial charge on any atom is 0.404 e. The monoisotopic (exact) mass is 508 g/mol. The van der Waals surface area contributed by atoms with Crippen molar-refractivity contribution < 1.29 is 19.1 Å². The maximum absolute atomic E-state index is 12.3. The number of pyridine rings is 1. The van der Waals surface area contributed by atoms with Gasteiger partial charge in [-0.1, -0.05) is 49.0 Å². The highest BCUT2D eigenvalue weighted by molar-refractivity contribution is 8.00. The third kappa shape index (κ3) is 6.45. The molecule has 1 atom stereocenters. The van der Waals surface area contributed by atoms with Gasteiger partial charge in [-0.25, -0.2) is 9.78 Å². The van der Waals surface area contributed by atoms with Crippen LogP contribution in [0.3, 0.4) is 0 Å². The Morgan fingerprint density at radius 2 is 1.81 bits per heavy atom. The van der Waals surface area contributed by atoms with Crippen LogP contribution < -0.4 is 16.4 Å². The average molecular weight is 509 g/mol. The molecule has 10 nitrogen and oxygen atoms in total. The van der Waals surface area contributed by atoms with E-state index in [2.05, 4.69) is 12.1 Å². The van der Waals surface area contributed by atoms with Gasteiger partial charge < -0.3 is 25.8 Å². The van der Waals surface area contributed by atoms with E-state index in [0.29, 0.717) is 59.9 Å². The molecule has 1 aromatic carbocycles. The van der Waals surface area contributed by atoms with Gasteiger partial charge in [-0.2, -0.15) is 10.5 Å². The molecule has 1 unspecified atom stereocenters. The SMILES string of the molecule is CCc1c(C#N)c(SC(C(N)=O)c2ccccc2)nc(N2CCC(OCCOC(N)=O)CC2)c1C#N. The fourth-order valence-corrected chi connectivity index (χ4v) is 5.18. The number of thioether (sulfide) groups is 1. The first kappa shape index (κ1) is 26.8. The summed E-state index contributed by atoms with van der Waals surface area (Å²) in [5.74, 6) is -0.0539. The van der Waals surface area contributed by atoms with Crippen LogP contribution in [0.2, 0.25) is 0 Å². The van der Waals surface area contributed by atoms with Gasteiger partial charge >= 0.3 is 6.09 Å². The van der Waals surface area contributed by atoms with Gasteiger partial charge in [0, 0.05) is 13.1 Å². The lowest BCUT2D eigenvalue weighted by molar-refractivity contribution is -0.117. The van der Waals surface area contributed by atoms with Crippen molar-refractivity contribution in [1.82, 2.24) is 4.98 Å². The van der Waals surface area contributed by atoms with Crippen LogP contribution in [0.15, 0.2) is 35.4 Å². The number of benzene rings is 1. The van der Waals surface area contributed by atoms with Crippen molar-refractivity contribution >= 4 is 29.6 Å². The fraction of sp³-hybridized carbons (Fsp3) is 0.400. The van der Waals surface area contributed by atoms with Gasteiger partial charge in [0.15, 0.2) is 0 Å². The molecule has 1 aliphatic rings. The van der Waals surface area contributed by atoms with E-state index in [1.807, 2.05) is 30.0 Å². The van der Waals surface area contributed by atoms with E-state index >= 15 is 0 Å². The van der Waals surface area contributed by atoms with Gasteiger partial charge in [-0.15, -0.1) is 0 Å². The Bertz CT molecular complexity index is 1170. The molecule has 188 valence electrons. The number of carbonyl (C=O) groups excluding carboxylic acids is 2. The smallest absolute Gasteiger partial charge is 0.404 e. The number of nitrogens with zero attached hydrogens (tertiary/aromatic N) is 4. The summed E-state index contributed by atoms with van der Waals surface area (Å²) in [5.41, 5.74) is 12.6. The standard InChI is InChI=1S/C25H28N6O4S/c1-2-18-19(14-26)23(31-10-8-17(9-11-31)34-12-13-35-25(29)33)30-24(20(18)15-27)36-21(22(28)32)16-6-4-3-5-7-16/h3-7,17,21H,2,8-13H2,1H3,(H2,28,32)(H2,29,33). The van der Waals surface area contributed by atoms with E-state index < -0.39 is 17.3 Å². The molecule has 1 aliphatic heterocycles. The van der Waals surface area contributed by atoms with Crippen LogP contribution in [0, 0.1) is 22.7 Å². The van der Waals surface area contributed by atoms with Crippen LogP contribution in [-0.4, -0.2) is 49.4 Å². The van der Waals surface area contributed by atoms with Crippen molar-refractivity contribution in [2.45, 2.75) is 42.6 Å². The molecule has 2 amide bonds. The second-order valence-corrected chi connectivity index (χ2v) is 9.18. The highest BCUT2D eigenvalue weighted by Crippen LogP contribution is 2.40. The lowest BCUT2D eigenvalue weighted by atomic mass is 10.0. The molecule has 3 rings (SSSR count). The molecule has 1 aromatic heterocycles. The highest BCUT2D eigenvalue weighted by atomic mass is 32.2. The van der Waals surface area contributed by atoms with Crippen molar-refractivity contribution in [3.05, 3.63) is 52.6 Å². The molecule has 11 heteroatoms. The van der Waals surface area contributed by atoms with Gasteiger partial charge in [0.1, 0.15) is 34.8 Å². The number of amides is 2. The lowest BCUT2D eigenvalue weighted by Gasteiger charge is -2.34. The predicted molar refractivity (Wildman–Crippen MR) is 134 cm³/mol. The first-order valence-corrected chi connectivity index (χ1v) is 12.4. The highest BCUT2D eigenvalue weighted by Gasteiger charge is 2.29. The minimum absolute atomic E-state index is 0.0292. The quantitative estimate of drug-likeness (QED) is 0.362. The van der Waals surface area contributed by atoms with E-state index in [0.717, 1.165) is 11.8 Å². The zero-order chi connectivity index (χ0) is 26.1. The number of ether oxygens (including phenoxy) is 2. The summed E-state index contributed by atoms with van der Waals surface area (Å²) < 4.78 is 10.5. The molecular formula is C25H28N6O4S. The van der Waals surface area contributed by atoms with Crippen molar-refractivity contribution in [3.63, 3.8) is 0 Å². The Labute approximate surface area is 214 Å². The predicted octanol–water partition coefficient (Wildman–Crippen LogP) is 2.79. The van der Waals surface area contributed by atoms with E-state index in [1.165, 1.54) is 0 Å². The van der Waals surface area contributed by atoms with Crippen LogP contribution in [0.25, 0.3) is 0 Å². The Balaban J connectivity index is 1.87. The molecule has 36 heavy (non-hydrogen) atoms. The summed E-state index contributed by atoms with van der Waals surface area (Å²) in [7, 11) is 0. The number of hydrogen-bond acceptors (Lipinski definition) is 9. The summed E-state index contributed by atoms with van der Waals surface area (Å²) in [6.07, 6.45) is 0.956. The van der Waals surface area contributed by atoms with Crippen LogP contribution in [0.4, 0.5) is 10.6 Å². The first-order valence-electron chi connectivity index (χ1n) is 11.6. The number of primary amides is 2. The normalized spacial score (nSPS) is 14.5. The number of piperidine rings is 1. The van der Waals surface area contributed by atoms with Gasteiger partial charge in [0.25, 0.3) is 0 Å². The molecular weight excluding hydrogens is 480 g/mol. The molecule has 0 aliphatic carbocycles. The van der Waals surface area contributed by atoms with Crippen LogP contribution in [0.5, 0.6) is 0 Å². The number of nitrogens with two attached hydrogens (primary N) is 2. The molecule has 0 radical (unpaired) electrons. The molecule has 2 heterocycles. The molecule has 1 fully saturated rings. The van der Waals surface area contributed by atoms with E-state index in [4.69, 9.17) is 25.9 Å². The van der Waals surface area contributed by atoms with Crippen LogP contribution >= 0.6 is 11.8 Å². The summed E-state index contributed by atoms with van der Waals surface area (Å²) in [6, 6.07) is 13.5. The molecule has 1 saturated heterocycles.